The molecule has 0 N–H and O–H groups in total. The van der Waals surface area contributed by atoms with Gasteiger partial charge in [0.05, 0.1) is 32.3 Å². The minimum Gasteiger partial charge on any atom is -0.258 e. The summed E-state index contributed by atoms with van der Waals surface area (Å²) in [5.41, 5.74) is 2.33. The van der Waals surface area contributed by atoms with Crippen LogP contribution in [0.25, 0.3) is 0 Å². The molecule has 0 atom stereocenters. The lowest BCUT2D eigenvalue weighted by Crippen LogP contribution is -1.93. The van der Waals surface area contributed by atoms with Crippen molar-refractivity contribution in [3.05, 3.63) is 128 Å². The van der Waals surface area contributed by atoms with Crippen LogP contribution in [0.3, 0.4) is 0 Å². The number of para-hydroxylation sites is 2. The molecule has 0 unspecified atom stereocenters. The number of hydrogen-bond donors (Lipinski definition) is 0. The molecule has 0 aliphatic rings. The Hall–Kier alpha value is -4.28. The highest BCUT2D eigenvalue weighted by Gasteiger charge is 2.11. The van der Waals surface area contributed by atoms with Crippen LogP contribution < -0.4 is 0 Å². The van der Waals surface area contributed by atoms with Crippen molar-refractivity contribution < 1.29 is 9.85 Å². The van der Waals surface area contributed by atoms with Crippen LogP contribution in [0.5, 0.6) is 0 Å². The van der Waals surface area contributed by atoms with Gasteiger partial charge in [-0.3, -0.25) is 30.2 Å². The van der Waals surface area contributed by atoms with Crippen molar-refractivity contribution in [2.45, 2.75) is 9.79 Å². The van der Waals surface area contributed by atoms with Gasteiger partial charge in [-0.05, 0) is 60.7 Å². The third kappa shape index (κ3) is 6.65. The maximum atomic E-state index is 11.1. The molecule has 0 amide bonds. The van der Waals surface area contributed by atoms with Crippen molar-refractivity contribution in [3.8, 4) is 0 Å². The first-order chi connectivity index (χ1) is 17.5. The first kappa shape index (κ1) is 24.8. The number of nitrogens with zero attached hydrogens (tertiary/aromatic N) is 4. The Kier molecular flexibility index (Phi) is 8.22. The fourth-order valence-electron chi connectivity index (χ4n) is 3.09. The van der Waals surface area contributed by atoms with E-state index >= 15 is 0 Å². The molecular weight excluding hydrogens is 496 g/mol. The van der Waals surface area contributed by atoms with E-state index in [0.29, 0.717) is 22.5 Å². The first-order valence-electron chi connectivity index (χ1n) is 10.6. The lowest BCUT2D eigenvalue weighted by molar-refractivity contribution is -0.385. The van der Waals surface area contributed by atoms with Crippen LogP contribution in [0.1, 0.15) is 11.1 Å². The number of rotatable bonds is 9. The van der Waals surface area contributed by atoms with Crippen molar-refractivity contribution in [2.75, 3.05) is 0 Å². The normalized spacial score (nSPS) is 11.2. The predicted octanol–water partition coefficient (Wildman–Crippen LogP) is 7.80. The summed E-state index contributed by atoms with van der Waals surface area (Å²) in [4.78, 5) is 32.1. The summed E-state index contributed by atoms with van der Waals surface area (Å²) >= 11 is 0. The maximum Gasteiger partial charge on any atom is 0.278 e. The lowest BCUT2D eigenvalue weighted by Gasteiger charge is -2.03. The molecule has 8 nitrogen and oxygen atoms in total. The van der Waals surface area contributed by atoms with E-state index in [9.17, 15) is 20.2 Å². The van der Waals surface area contributed by atoms with E-state index in [1.165, 1.54) is 24.6 Å². The third-order valence-corrected chi connectivity index (χ3v) is 7.30. The second-order valence-corrected chi connectivity index (χ2v) is 9.58. The number of aliphatic imine (C=N–C) groups is 2. The topological polar surface area (TPSA) is 111 Å². The molecule has 4 aromatic rings. The van der Waals surface area contributed by atoms with Gasteiger partial charge in [-0.25, -0.2) is 0 Å². The lowest BCUT2D eigenvalue weighted by atomic mass is 10.2. The molecule has 4 aromatic carbocycles. The van der Waals surface area contributed by atoms with E-state index in [4.69, 9.17) is 0 Å². The Morgan fingerprint density at radius 2 is 0.917 bits per heavy atom. The second kappa shape index (κ2) is 11.9. The van der Waals surface area contributed by atoms with Crippen LogP contribution in [0.2, 0.25) is 0 Å². The van der Waals surface area contributed by atoms with Gasteiger partial charge in [0.2, 0.25) is 0 Å². The van der Waals surface area contributed by atoms with Crippen LogP contribution in [-0.4, -0.2) is 22.3 Å². The molecule has 0 aliphatic carbocycles. The summed E-state index contributed by atoms with van der Waals surface area (Å²) in [6, 6.07) is 28.1. The smallest absolute Gasteiger partial charge is 0.258 e. The molecule has 0 saturated heterocycles. The molecule has 178 valence electrons. The molecular formula is C26H18N4O4S2. The highest BCUT2D eigenvalue weighted by molar-refractivity contribution is 8.76. The average Bonchev–Trinajstić information content (AvgIpc) is 2.91. The number of nitro groups is 2. The number of nitro benzene ring substituents is 2. The van der Waals surface area contributed by atoms with Gasteiger partial charge in [-0.1, -0.05) is 45.9 Å². The molecule has 36 heavy (non-hydrogen) atoms. The number of benzene rings is 4. The van der Waals surface area contributed by atoms with Crippen LogP contribution in [0, 0.1) is 20.2 Å². The summed E-state index contributed by atoms with van der Waals surface area (Å²) in [5, 5.41) is 22.2. The van der Waals surface area contributed by atoms with Crippen molar-refractivity contribution in [3.63, 3.8) is 0 Å². The van der Waals surface area contributed by atoms with E-state index in [1.54, 1.807) is 58.0 Å². The zero-order chi connectivity index (χ0) is 25.3. The summed E-state index contributed by atoms with van der Waals surface area (Å²) < 4.78 is 0. The quantitative estimate of drug-likeness (QED) is 0.0975. The molecule has 0 fully saturated rings. The van der Waals surface area contributed by atoms with E-state index in [-0.39, 0.29) is 11.4 Å². The molecule has 0 bridgehead atoms. The summed E-state index contributed by atoms with van der Waals surface area (Å²) in [5.74, 6) is 0. The van der Waals surface area contributed by atoms with E-state index in [0.717, 1.165) is 9.79 Å². The summed E-state index contributed by atoms with van der Waals surface area (Å²) in [7, 11) is 3.17. The maximum absolute atomic E-state index is 11.1. The van der Waals surface area contributed by atoms with Gasteiger partial charge < -0.3 is 0 Å². The van der Waals surface area contributed by atoms with Crippen LogP contribution >= 0.6 is 21.6 Å². The molecule has 0 saturated carbocycles. The highest BCUT2D eigenvalue weighted by atomic mass is 33.1. The van der Waals surface area contributed by atoms with Crippen LogP contribution in [0.15, 0.2) is 117 Å². The van der Waals surface area contributed by atoms with Gasteiger partial charge in [0, 0.05) is 34.4 Å². The fraction of sp³-hybridized carbons (Fsp3) is 0. The standard InChI is InChI=1S/C26H18N4O4S2/c31-29(32)25-7-3-1-5-19(25)17-27-21-9-13-23(14-10-21)35-36-24-15-11-22(12-16-24)28-18-20-6-2-4-8-26(20)30(33)34/h1-18H. The Morgan fingerprint density at radius 3 is 1.28 bits per heavy atom. The Morgan fingerprint density at radius 1 is 0.556 bits per heavy atom. The minimum absolute atomic E-state index is 0.0166. The van der Waals surface area contributed by atoms with Gasteiger partial charge in [0.15, 0.2) is 0 Å². The van der Waals surface area contributed by atoms with Crippen molar-refractivity contribution in [1.29, 1.82) is 0 Å². The van der Waals surface area contributed by atoms with E-state index in [1.807, 2.05) is 48.5 Å². The average molecular weight is 515 g/mol. The molecule has 0 spiro atoms. The fourth-order valence-corrected chi connectivity index (χ4v) is 5.02. The van der Waals surface area contributed by atoms with Gasteiger partial charge in [0.25, 0.3) is 11.4 Å². The minimum atomic E-state index is -0.424. The zero-order valence-corrected chi connectivity index (χ0v) is 20.3. The largest absolute Gasteiger partial charge is 0.278 e. The molecule has 10 heteroatoms. The Bertz CT molecular complexity index is 1330. The molecule has 0 heterocycles. The van der Waals surface area contributed by atoms with Gasteiger partial charge in [0.1, 0.15) is 0 Å². The molecule has 4 rings (SSSR count). The summed E-state index contributed by atoms with van der Waals surface area (Å²) in [6.45, 7) is 0. The Balaban J connectivity index is 1.34. The monoisotopic (exact) mass is 514 g/mol. The third-order valence-electron chi connectivity index (χ3n) is 4.88. The van der Waals surface area contributed by atoms with Crippen molar-refractivity contribution >= 4 is 56.8 Å². The predicted molar refractivity (Wildman–Crippen MR) is 145 cm³/mol. The Labute approximate surface area is 214 Å². The van der Waals surface area contributed by atoms with Crippen LogP contribution in [0.4, 0.5) is 22.7 Å². The molecule has 0 aromatic heterocycles. The SMILES string of the molecule is O=[N+]([O-])c1ccccc1C=Nc1ccc(SSc2ccc(N=Cc3ccccc3[N+](=O)[O-])cc2)cc1. The van der Waals surface area contributed by atoms with Crippen molar-refractivity contribution in [1.82, 2.24) is 0 Å². The zero-order valence-electron chi connectivity index (χ0n) is 18.6. The second-order valence-electron chi connectivity index (χ2n) is 7.30. The van der Waals surface area contributed by atoms with Gasteiger partial charge >= 0.3 is 0 Å². The van der Waals surface area contributed by atoms with Crippen molar-refractivity contribution in [2.24, 2.45) is 9.98 Å². The van der Waals surface area contributed by atoms with Gasteiger partial charge in [-0.15, -0.1) is 0 Å². The van der Waals surface area contributed by atoms with Crippen LogP contribution in [-0.2, 0) is 0 Å². The van der Waals surface area contributed by atoms with E-state index in [2.05, 4.69) is 9.98 Å². The van der Waals surface area contributed by atoms with Gasteiger partial charge in [-0.2, -0.15) is 0 Å². The molecule has 0 radical (unpaired) electrons. The molecule has 0 aliphatic heterocycles. The first-order valence-corrected chi connectivity index (χ1v) is 12.7. The highest BCUT2D eigenvalue weighted by Crippen LogP contribution is 2.38. The van der Waals surface area contributed by atoms with E-state index < -0.39 is 9.85 Å². The summed E-state index contributed by atoms with van der Waals surface area (Å²) in [6.07, 6.45) is 2.99. The number of hydrogen-bond acceptors (Lipinski definition) is 8.